The monoisotopic (exact) mass is 435 g/mol. The van der Waals surface area contributed by atoms with Crippen molar-refractivity contribution in [1.82, 2.24) is 4.90 Å². The van der Waals surface area contributed by atoms with Crippen LogP contribution in [0.4, 0.5) is 4.39 Å². The summed E-state index contributed by atoms with van der Waals surface area (Å²) in [5.74, 6) is -2.24. The average molecular weight is 436 g/mol. The van der Waals surface area contributed by atoms with Crippen LogP contribution in [0.5, 0.6) is 0 Å². The number of likely N-dealkylation sites (N-methyl/N-ethyl adjacent to an activating group) is 1. The second-order valence-electron chi connectivity index (χ2n) is 5.85. The maximum absolute atomic E-state index is 13.7. The number of nitrogens with zero attached hydrogens (tertiary/aromatic N) is 1. The minimum absolute atomic E-state index is 0.0405. The first-order chi connectivity index (χ1) is 11.6. The maximum atomic E-state index is 13.7. The van der Waals surface area contributed by atoms with Gasteiger partial charge in [0.05, 0.1) is 17.1 Å². The molecule has 0 N–H and O–H groups in total. The van der Waals surface area contributed by atoms with Gasteiger partial charge in [-0.15, -0.1) is 0 Å². The lowest BCUT2D eigenvalue weighted by Gasteiger charge is -2.29. The van der Waals surface area contributed by atoms with Crippen LogP contribution in [0.2, 0.25) is 0 Å². The Labute approximate surface area is 154 Å². The van der Waals surface area contributed by atoms with Crippen LogP contribution in [0.1, 0.15) is 30.6 Å². The van der Waals surface area contributed by atoms with Crippen molar-refractivity contribution in [3.63, 3.8) is 0 Å². The smallest absolute Gasteiger partial charge is 0.341 e. The SMILES string of the molecule is CCN(C(=O)C(C)OC(=O)c1cc(Br)ccc1F)C1CCS(=O)(=O)C1. The number of benzene rings is 1. The van der Waals surface area contributed by atoms with E-state index in [1.807, 2.05) is 0 Å². The van der Waals surface area contributed by atoms with Gasteiger partial charge < -0.3 is 9.64 Å². The molecule has 0 saturated carbocycles. The minimum Gasteiger partial charge on any atom is -0.449 e. The van der Waals surface area contributed by atoms with E-state index in [4.69, 9.17) is 4.74 Å². The van der Waals surface area contributed by atoms with Gasteiger partial charge in [-0.1, -0.05) is 15.9 Å². The fraction of sp³-hybridized carbons (Fsp3) is 0.500. The van der Waals surface area contributed by atoms with Crippen molar-refractivity contribution < 1.29 is 27.1 Å². The van der Waals surface area contributed by atoms with Crippen LogP contribution in [0.15, 0.2) is 22.7 Å². The number of hydrogen-bond donors (Lipinski definition) is 0. The summed E-state index contributed by atoms with van der Waals surface area (Å²) in [6.07, 6.45) is -0.780. The fourth-order valence-corrected chi connectivity index (χ4v) is 4.87. The molecule has 1 amide bonds. The fourth-order valence-electron chi connectivity index (χ4n) is 2.78. The standard InChI is InChI=1S/C16H19BrFNO5S/c1-3-19(12-6-7-25(22,23)9-12)15(20)10(2)24-16(21)13-8-11(17)4-5-14(13)18/h4-5,8,10,12H,3,6-7,9H2,1-2H3. The molecule has 25 heavy (non-hydrogen) atoms. The van der Waals surface area contributed by atoms with Crippen molar-refractivity contribution in [2.45, 2.75) is 32.4 Å². The normalized spacial score (nSPS) is 20.1. The molecule has 138 valence electrons. The Hall–Kier alpha value is -1.48. The lowest BCUT2D eigenvalue weighted by atomic mass is 10.2. The molecule has 2 rings (SSSR count). The van der Waals surface area contributed by atoms with Crippen molar-refractivity contribution in [3.05, 3.63) is 34.1 Å². The van der Waals surface area contributed by atoms with Crippen molar-refractivity contribution in [3.8, 4) is 0 Å². The van der Waals surface area contributed by atoms with Gasteiger partial charge in [0.15, 0.2) is 15.9 Å². The van der Waals surface area contributed by atoms with Gasteiger partial charge in [0.25, 0.3) is 5.91 Å². The van der Waals surface area contributed by atoms with Crippen molar-refractivity contribution in [1.29, 1.82) is 0 Å². The van der Waals surface area contributed by atoms with E-state index >= 15 is 0 Å². The predicted molar refractivity (Wildman–Crippen MR) is 93.4 cm³/mol. The highest BCUT2D eigenvalue weighted by Crippen LogP contribution is 2.20. The van der Waals surface area contributed by atoms with Gasteiger partial charge in [-0.05, 0) is 38.5 Å². The van der Waals surface area contributed by atoms with E-state index in [2.05, 4.69) is 15.9 Å². The minimum atomic E-state index is -3.14. The van der Waals surface area contributed by atoms with Crippen molar-refractivity contribution in [2.75, 3.05) is 18.1 Å². The lowest BCUT2D eigenvalue weighted by molar-refractivity contribution is -0.141. The molecule has 0 spiro atoms. The van der Waals surface area contributed by atoms with E-state index < -0.39 is 39.7 Å². The van der Waals surface area contributed by atoms with E-state index in [-0.39, 0.29) is 17.1 Å². The Morgan fingerprint density at radius 2 is 2.12 bits per heavy atom. The Kier molecular flexibility index (Phi) is 6.21. The zero-order valence-electron chi connectivity index (χ0n) is 13.9. The van der Waals surface area contributed by atoms with Crippen molar-refractivity contribution >= 4 is 37.6 Å². The summed E-state index contributed by atoms with van der Waals surface area (Å²) < 4.78 is 42.6. The molecule has 0 radical (unpaired) electrons. The molecule has 1 heterocycles. The highest BCUT2D eigenvalue weighted by Gasteiger charge is 2.36. The number of carbonyl (C=O) groups excluding carboxylic acids is 2. The van der Waals surface area contributed by atoms with Gasteiger partial charge in [-0.2, -0.15) is 0 Å². The molecule has 1 aromatic carbocycles. The molecular weight excluding hydrogens is 417 g/mol. The number of amides is 1. The molecule has 0 aromatic heterocycles. The number of esters is 1. The zero-order valence-corrected chi connectivity index (χ0v) is 16.3. The van der Waals surface area contributed by atoms with Gasteiger partial charge in [-0.3, -0.25) is 4.79 Å². The number of halogens is 2. The largest absolute Gasteiger partial charge is 0.449 e. The Bertz CT molecular complexity index is 783. The van der Waals surface area contributed by atoms with Gasteiger partial charge in [0, 0.05) is 17.1 Å². The number of rotatable bonds is 5. The molecule has 1 saturated heterocycles. The van der Waals surface area contributed by atoms with Crippen LogP contribution in [0.3, 0.4) is 0 Å². The highest BCUT2D eigenvalue weighted by molar-refractivity contribution is 9.10. The van der Waals surface area contributed by atoms with Crippen LogP contribution in [0, 0.1) is 5.82 Å². The van der Waals surface area contributed by atoms with Gasteiger partial charge in [-0.25, -0.2) is 17.6 Å². The molecule has 1 aromatic rings. The van der Waals surface area contributed by atoms with Crippen molar-refractivity contribution in [2.24, 2.45) is 0 Å². The van der Waals surface area contributed by atoms with Gasteiger partial charge in [0.1, 0.15) is 5.82 Å². The molecule has 0 bridgehead atoms. The molecule has 9 heteroatoms. The molecule has 1 aliphatic heterocycles. The molecule has 1 fully saturated rings. The summed E-state index contributed by atoms with van der Waals surface area (Å²) in [4.78, 5) is 26.1. The number of carbonyl (C=O) groups is 2. The second-order valence-corrected chi connectivity index (χ2v) is 9.00. The second kappa shape index (κ2) is 7.82. The quantitative estimate of drug-likeness (QED) is 0.661. The number of ether oxygens (including phenoxy) is 1. The molecular formula is C16H19BrFNO5S. The first-order valence-corrected chi connectivity index (χ1v) is 10.4. The zero-order chi connectivity index (χ0) is 18.8. The van der Waals surface area contributed by atoms with Crippen LogP contribution in [-0.2, 0) is 19.4 Å². The topological polar surface area (TPSA) is 80.8 Å². The Morgan fingerprint density at radius 3 is 2.68 bits per heavy atom. The van der Waals surface area contributed by atoms with Gasteiger partial charge >= 0.3 is 5.97 Å². The molecule has 2 unspecified atom stereocenters. The summed E-state index contributed by atoms with van der Waals surface area (Å²) in [5.41, 5.74) is -0.277. The summed E-state index contributed by atoms with van der Waals surface area (Å²) in [6.45, 7) is 3.42. The Balaban J connectivity index is 2.08. The van der Waals surface area contributed by atoms with Crippen LogP contribution < -0.4 is 0 Å². The molecule has 6 nitrogen and oxygen atoms in total. The lowest BCUT2D eigenvalue weighted by Crippen LogP contribution is -2.46. The molecule has 0 aliphatic carbocycles. The first-order valence-electron chi connectivity index (χ1n) is 7.81. The van der Waals surface area contributed by atoms with E-state index in [0.29, 0.717) is 17.4 Å². The van der Waals surface area contributed by atoms with E-state index in [0.717, 1.165) is 6.07 Å². The molecule has 1 aliphatic rings. The summed E-state index contributed by atoms with van der Waals surface area (Å²) in [7, 11) is -3.14. The third-order valence-electron chi connectivity index (χ3n) is 4.05. The summed E-state index contributed by atoms with van der Waals surface area (Å²) in [5, 5.41) is 0. The molecule has 2 atom stereocenters. The summed E-state index contributed by atoms with van der Waals surface area (Å²) >= 11 is 3.14. The van der Waals surface area contributed by atoms with Crippen LogP contribution >= 0.6 is 15.9 Å². The third kappa shape index (κ3) is 4.78. The average Bonchev–Trinajstić information content (AvgIpc) is 2.89. The number of sulfone groups is 1. The van der Waals surface area contributed by atoms with Crippen LogP contribution in [-0.4, -0.2) is 55.4 Å². The third-order valence-corrected chi connectivity index (χ3v) is 6.30. The first kappa shape index (κ1) is 19.8. The Morgan fingerprint density at radius 1 is 1.44 bits per heavy atom. The highest BCUT2D eigenvalue weighted by atomic mass is 79.9. The van der Waals surface area contributed by atoms with E-state index in [1.54, 1.807) is 6.92 Å². The van der Waals surface area contributed by atoms with E-state index in [9.17, 15) is 22.4 Å². The summed E-state index contributed by atoms with van der Waals surface area (Å²) in [6, 6.07) is 3.41. The van der Waals surface area contributed by atoms with Crippen LogP contribution in [0.25, 0.3) is 0 Å². The maximum Gasteiger partial charge on any atom is 0.341 e. The predicted octanol–water partition coefficient (Wildman–Crippen LogP) is 2.17. The van der Waals surface area contributed by atoms with E-state index in [1.165, 1.54) is 24.0 Å². The van der Waals surface area contributed by atoms with Gasteiger partial charge in [0.2, 0.25) is 0 Å². The number of hydrogen-bond acceptors (Lipinski definition) is 5.